The summed E-state index contributed by atoms with van der Waals surface area (Å²) in [4.78, 5) is 11.3. The zero-order valence-corrected chi connectivity index (χ0v) is 8.49. The summed E-state index contributed by atoms with van der Waals surface area (Å²) in [5.74, 6) is 0.459. The van der Waals surface area contributed by atoms with Gasteiger partial charge in [-0.1, -0.05) is 6.92 Å². The van der Waals surface area contributed by atoms with Crippen LogP contribution in [0.2, 0.25) is 0 Å². The Balaban J connectivity index is 2.69. The maximum absolute atomic E-state index is 11.3. The lowest BCUT2D eigenvalue weighted by atomic mass is 10.5. The van der Waals surface area contributed by atoms with Gasteiger partial charge in [-0.3, -0.25) is 4.79 Å². The molecule has 0 atom stereocenters. The minimum Gasteiger partial charge on any atom is -0.480 e. The summed E-state index contributed by atoms with van der Waals surface area (Å²) in [6, 6.07) is 3.02. The summed E-state index contributed by atoms with van der Waals surface area (Å²) in [7, 11) is 1.53. The predicted molar refractivity (Wildman–Crippen MR) is 53.6 cm³/mol. The summed E-state index contributed by atoms with van der Waals surface area (Å²) < 4.78 is 6.32. The molecule has 0 fully saturated rings. The number of rotatable bonds is 5. The molecule has 1 heterocycles. The molecular formula is C9H15N3O2. The van der Waals surface area contributed by atoms with Crippen molar-refractivity contribution in [1.82, 2.24) is 15.1 Å². The van der Waals surface area contributed by atoms with Crippen LogP contribution < -0.4 is 15.6 Å². The molecule has 0 bridgehead atoms. The minimum absolute atomic E-state index is 0.108. The highest BCUT2D eigenvalue weighted by molar-refractivity contribution is 5.05. The second kappa shape index (κ2) is 5.39. The third kappa shape index (κ3) is 2.85. The standard InChI is InChI=1S/C9H15N3O2/c1-3-10-6-7-12-9(13)5-4-8(11-12)14-2/h4-5,10H,3,6-7H2,1-2H3. The van der Waals surface area contributed by atoms with E-state index < -0.39 is 0 Å². The van der Waals surface area contributed by atoms with E-state index in [1.54, 1.807) is 6.07 Å². The van der Waals surface area contributed by atoms with Crippen LogP contribution in [0.1, 0.15) is 6.92 Å². The van der Waals surface area contributed by atoms with E-state index in [0.717, 1.165) is 13.1 Å². The fraction of sp³-hybridized carbons (Fsp3) is 0.556. The van der Waals surface area contributed by atoms with Crippen molar-refractivity contribution in [1.29, 1.82) is 0 Å². The number of nitrogens with one attached hydrogen (secondary N) is 1. The van der Waals surface area contributed by atoms with Gasteiger partial charge in [-0.2, -0.15) is 0 Å². The number of hydrogen-bond donors (Lipinski definition) is 1. The molecule has 0 amide bonds. The van der Waals surface area contributed by atoms with Crippen LogP contribution in [-0.2, 0) is 6.54 Å². The Bertz CT molecular complexity index is 335. The molecule has 0 saturated carbocycles. The number of ether oxygens (including phenoxy) is 1. The summed E-state index contributed by atoms with van der Waals surface area (Å²) in [6.45, 7) is 4.20. The highest BCUT2D eigenvalue weighted by Gasteiger charge is 1.98. The first-order chi connectivity index (χ1) is 6.77. The molecule has 1 aromatic rings. The average molecular weight is 197 g/mol. The van der Waals surface area contributed by atoms with E-state index in [9.17, 15) is 4.79 Å². The molecular weight excluding hydrogens is 182 g/mol. The molecule has 0 radical (unpaired) electrons. The zero-order chi connectivity index (χ0) is 10.4. The Kier molecular flexibility index (Phi) is 4.12. The van der Waals surface area contributed by atoms with E-state index >= 15 is 0 Å². The fourth-order valence-corrected chi connectivity index (χ4v) is 1.06. The average Bonchev–Trinajstić information content (AvgIpc) is 2.21. The Labute approximate surface area is 82.7 Å². The molecule has 0 aliphatic heterocycles. The molecule has 0 aliphatic rings. The minimum atomic E-state index is -0.108. The zero-order valence-electron chi connectivity index (χ0n) is 8.49. The van der Waals surface area contributed by atoms with Crippen molar-refractivity contribution in [2.24, 2.45) is 0 Å². The quantitative estimate of drug-likeness (QED) is 0.668. The Morgan fingerprint density at radius 3 is 3.00 bits per heavy atom. The van der Waals surface area contributed by atoms with Crippen LogP contribution in [0.3, 0.4) is 0 Å². The highest BCUT2D eigenvalue weighted by atomic mass is 16.5. The first-order valence-electron chi connectivity index (χ1n) is 4.60. The molecule has 5 heteroatoms. The second-order valence-electron chi connectivity index (χ2n) is 2.79. The maximum Gasteiger partial charge on any atom is 0.267 e. The topological polar surface area (TPSA) is 56.1 Å². The normalized spacial score (nSPS) is 10.1. The van der Waals surface area contributed by atoms with Crippen molar-refractivity contribution in [2.45, 2.75) is 13.5 Å². The van der Waals surface area contributed by atoms with E-state index in [4.69, 9.17) is 4.74 Å². The maximum atomic E-state index is 11.3. The van der Waals surface area contributed by atoms with Gasteiger partial charge in [0.2, 0.25) is 5.88 Å². The van der Waals surface area contributed by atoms with Gasteiger partial charge in [-0.25, -0.2) is 4.68 Å². The van der Waals surface area contributed by atoms with Gasteiger partial charge in [0.15, 0.2) is 0 Å². The molecule has 0 aromatic carbocycles. The molecule has 0 unspecified atom stereocenters. The first kappa shape index (κ1) is 10.7. The number of nitrogens with zero attached hydrogens (tertiary/aromatic N) is 2. The van der Waals surface area contributed by atoms with Crippen LogP contribution in [0.5, 0.6) is 5.88 Å². The molecule has 78 valence electrons. The van der Waals surface area contributed by atoms with E-state index in [-0.39, 0.29) is 5.56 Å². The Morgan fingerprint density at radius 2 is 2.36 bits per heavy atom. The largest absolute Gasteiger partial charge is 0.480 e. The van der Waals surface area contributed by atoms with Gasteiger partial charge in [-0.05, 0) is 6.54 Å². The van der Waals surface area contributed by atoms with Gasteiger partial charge >= 0.3 is 0 Å². The van der Waals surface area contributed by atoms with Crippen molar-refractivity contribution in [3.05, 3.63) is 22.5 Å². The second-order valence-corrected chi connectivity index (χ2v) is 2.79. The molecule has 5 nitrogen and oxygen atoms in total. The number of hydrogen-bond acceptors (Lipinski definition) is 4. The fourth-order valence-electron chi connectivity index (χ4n) is 1.06. The van der Waals surface area contributed by atoms with Crippen molar-refractivity contribution in [3.8, 4) is 5.88 Å². The SMILES string of the molecule is CCNCCn1nc(OC)ccc1=O. The first-order valence-corrected chi connectivity index (χ1v) is 4.60. The van der Waals surface area contributed by atoms with Crippen LogP contribution in [0.4, 0.5) is 0 Å². The van der Waals surface area contributed by atoms with E-state index in [1.165, 1.54) is 17.9 Å². The molecule has 0 aliphatic carbocycles. The van der Waals surface area contributed by atoms with Gasteiger partial charge in [0, 0.05) is 18.7 Å². The monoisotopic (exact) mass is 197 g/mol. The summed E-state index contributed by atoms with van der Waals surface area (Å²) in [5, 5.41) is 7.13. The lowest BCUT2D eigenvalue weighted by Gasteiger charge is -2.05. The van der Waals surface area contributed by atoms with Crippen molar-refractivity contribution >= 4 is 0 Å². The summed E-state index contributed by atoms with van der Waals surface area (Å²) >= 11 is 0. The Hall–Kier alpha value is -1.36. The number of methoxy groups -OCH3 is 1. The van der Waals surface area contributed by atoms with Crippen molar-refractivity contribution < 1.29 is 4.74 Å². The number of aromatic nitrogens is 2. The van der Waals surface area contributed by atoms with Crippen molar-refractivity contribution in [3.63, 3.8) is 0 Å². The highest BCUT2D eigenvalue weighted by Crippen LogP contribution is 1.98. The van der Waals surface area contributed by atoms with Gasteiger partial charge in [0.25, 0.3) is 5.56 Å². The lowest BCUT2D eigenvalue weighted by Crippen LogP contribution is -2.28. The van der Waals surface area contributed by atoms with Gasteiger partial charge in [0.1, 0.15) is 0 Å². The van der Waals surface area contributed by atoms with E-state index in [2.05, 4.69) is 10.4 Å². The van der Waals surface area contributed by atoms with Gasteiger partial charge in [0.05, 0.1) is 13.7 Å². The molecule has 1 N–H and O–H groups in total. The van der Waals surface area contributed by atoms with E-state index in [1.807, 2.05) is 6.92 Å². The van der Waals surface area contributed by atoms with Crippen LogP contribution in [0.25, 0.3) is 0 Å². The molecule has 0 saturated heterocycles. The lowest BCUT2D eigenvalue weighted by molar-refractivity contribution is 0.374. The van der Waals surface area contributed by atoms with Gasteiger partial charge in [-0.15, -0.1) is 5.10 Å². The third-order valence-corrected chi connectivity index (χ3v) is 1.80. The van der Waals surface area contributed by atoms with Crippen LogP contribution in [0, 0.1) is 0 Å². The number of likely N-dealkylation sites (N-methyl/N-ethyl adjacent to an activating group) is 1. The molecule has 1 aromatic heterocycles. The molecule has 1 rings (SSSR count). The summed E-state index contributed by atoms with van der Waals surface area (Å²) in [5.41, 5.74) is -0.108. The summed E-state index contributed by atoms with van der Waals surface area (Å²) in [6.07, 6.45) is 0. The van der Waals surface area contributed by atoms with E-state index in [0.29, 0.717) is 12.4 Å². The Morgan fingerprint density at radius 1 is 1.57 bits per heavy atom. The van der Waals surface area contributed by atoms with Crippen LogP contribution in [0.15, 0.2) is 16.9 Å². The third-order valence-electron chi connectivity index (χ3n) is 1.80. The smallest absolute Gasteiger partial charge is 0.267 e. The molecule has 0 spiro atoms. The molecule has 14 heavy (non-hydrogen) atoms. The van der Waals surface area contributed by atoms with Crippen molar-refractivity contribution in [2.75, 3.05) is 20.2 Å². The van der Waals surface area contributed by atoms with Crippen LogP contribution >= 0.6 is 0 Å². The van der Waals surface area contributed by atoms with Gasteiger partial charge < -0.3 is 10.1 Å². The van der Waals surface area contributed by atoms with Crippen LogP contribution in [-0.4, -0.2) is 30.0 Å². The predicted octanol–water partition coefficient (Wildman–Crippen LogP) is -0.139.